The van der Waals surface area contributed by atoms with Gasteiger partial charge >= 0.3 is 0 Å². The molecule has 1 N–H and O–H groups in total. The number of benzene rings is 1. The Bertz CT molecular complexity index is 588. The van der Waals surface area contributed by atoms with Crippen molar-refractivity contribution in [3.05, 3.63) is 29.8 Å². The summed E-state index contributed by atoms with van der Waals surface area (Å²) in [6.45, 7) is 2.83. The topological polar surface area (TPSA) is 38.7 Å². The van der Waals surface area contributed by atoms with Gasteiger partial charge in [-0.3, -0.25) is 0 Å². The van der Waals surface area contributed by atoms with E-state index in [1.165, 1.54) is 18.2 Å². The average Bonchev–Trinajstić information content (AvgIpc) is 2.60. The van der Waals surface area contributed by atoms with E-state index in [4.69, 9.17) is 15.0 Å². The SMILES string of the molecule is [2H]/C(=C\c1ccc2c(c1)OC([2H])([2H])O2)C([2H])(O)C(C)(C)C. The van der Waals surface area contributed by atoms with Crippen LogP contribution in [0.3, 0.4) is 0 Å². The molecule has 92 valence electrons. The Morgan fingerprint density at radius 3 is 2.88 bits per heavy atom. The van der Waals surface area contributed by atoms with E-state index in [1.54, 1.807) is 26.8 Å². The van der Waals surface area contributed by atoms with Crippen LogP contribution in [0.4, 0.5) is 0 Å². The van der Waals surface area contributed by atoms with Crippen molar-refractivity contribution >= 4 is 6.08 Å². The highest BCUT2D eigenvalue weighted by atomic mass is 16.7. The van der Waals surface area contributed by atoms with Crippen molar-refractivity contribution in [2.45, 2.75) is 26.9 Å². The van der Waals surface area contributed by atoms with Gasteiger partial charge in [0, 0.05) is 0 Å². The van der Waals surface area contributed by atoms with Crippen molar-refractivity contribution in [3.63, 3.8) is 0 Å². The number of rotatable bonds is 2. The van der Waals surface area contributed by atoms with E-state index >= 15 is 0 Å². The van der Waals surface area contributed by atoms with Gasteiger partial charge in [-0.05, 0) is 23.1 Å². The summed E-state index contributed by atoms with van der Waals surface area (Å²) in [5.74, 6) is 0.506. The summed E-state index contributed by atoms with van der Waals surface area (Å²) < 4.78 is 40.5. The summed E-state index contributed by atoms with van der Waals surface area (Å²) in [4.78, 5) is 0. The molecule has 0 amide bonds. The minimum Gasteiger partial charge on any atom is -0.454 e. The first-order valence-corrected chi connectivity index (χ1v) is 5.36. The molecular formula is C14H18O3. The standard InChI is InChI=1S/C14H18O3/c1-14(2,3)13(15)7-5-10-4-6-11-12(8-10)17-9-16-11/h4-8,13,15H,9H2,1-3H3/b7-5+/i7D,9D2,13D. The highest BCUT2D eigenvalue weighted by molar-refractivity contribution is 5.56. The number of ether oxygens (including phenoxy) is 2. The third-order valence-electron chi connectivity index (χ3n) is 2.36. The van der Waals surface area contributed by atoms with Crippen LogP contribution < -0.4 is 9.47 Å². The maximum Gasteiger partial charge on any atom is 0.231 e. The lowest BCUT2D eigenvalue weighted by molar-refractivity contribution is 0.106. The van der Waals surface area contributed by atoms with Crippen LogP contribution in [0.1, 0.15) is 31.8 Å². The van der Waals surface area contributed by atoms with E-state index < -0.39 is 18.2 Å². The van der Waals surface area contributed by atoms with Crippen molar-refractivity contribution in [3.8, 4) is 11.5 Å². The molecule has 1 unspecified atom stereocenters. The zero-order valence-corrected chi connectivity index (χ0v) is 10.1. The molecule has 0 bridgehead atoms. The van der Waals surface area contributed by atoms with Crippen LogP contribution >= 0.6 is 0 Å². The lowest BCUT2D eigenvalue weighted by Crippen LogP contribution is -2.23. The van der Waals surface area contributed by atoms with Gasteiger partial charge in [0.2, 0.25) is 6.75 Å². The van der Waals surface area contributed by atoms with E-state index in [-0.39, 0.29) is 17.6 Å². The summed E-state index contributed by atoms with van der Waals surface area (Å²) in [7, 11) is 0. The Hall–Kier alpha value is -1.48. The second-order valence-electron chi connectivity index (χ2n) is 4.88. The van der Waals surface area contributed by atoms with E-state index in [2.05, 4.69) is 0 Å². The normalized spacial score (nSPS) is 25.3. The van der Waals surface area contributed by atoms with Crippen molar-refractivity contribution in [1.29, 1.82) is 0 Å². The second-order valence-corrected chi connectivity index (χ2v) is 4.88. The van der Waals surface area contributed by atoms with Gasteiger partial charge in [0.25, 0.3) is 0 Å². The van der Waals surface area contributed by atoms with Gasteiger partial charge in [0.1, 0.15) is 2.74 Å². The van der Waals surface area contributed by atoms with Gasteiger partial charge in [-0.25, -0.2) is 0 Å². The van der Waals surface area contributed by atoms with Gasteiger partial charge in [0.05, 0.1) is 8.82 Å². The minimum absolute atomic E-state index is 0.228. The Labute approximate surface area is 107 Å². The number of hydrogen-bond acceptors (Lipinski definition) is 3. The van der Waals surface area contributed by atoms with Crippen molar-refractivity contribution in [1.82, 2.24) is 0 Å². The summed E-state index contributed by atoms with van der Waals surface area (Å²) in [5.41, 5.74) is -0.288. The molecule has 1 aromatic carbocycles. The highest BCUT2D eigenvalue weighted by Crippen LogP contribution is 2.33. The quantitative estimate of drug-likeness (QED) is 0.861. The Morgan fingerprint density at radius 1 is 1.47 bits per heavy atom. The first kappa shape index (κ1) is 7.77. The van der Waals surface area contributed by atoms with Gasteiger partial charge in [-0.1, -0.05) is 39.0 Å². The molecule has 0 fully saturated rings. The second kappa shape index (κ2) is 4.41. The highest BCUT2D eigenvalue weighted by Gasteiger charge is 2.19. The summed E-state index contributed by atoms with van der Waals surface area (Å²) >= 11 is 0. The van der Waals surface area contributed by atoms with Crippen molar-refractivity contribution < 1.29 is 20.1 Å². The Balaban J connectivity index is 2.32. The Morgan fingerprint density at radius 2 is 2.18 bits per heavy atom. The van der Waals surface area contributed by atoms with Crippen LogP contribution in [0.15, 0.2) is 24.3 Å². The number of aliphatic hydroxyl groups is 1. The molecule has 3 heteroatoms. The zero-order chi connectivity index (χ0) is 16.1. The van der Waals surface area contributed by atoms with E-state index in [1.807, 2.05) is 0 Å². The molecule has 1 heterocycles. The van der Waals surface area contributed by atoms with Crippen LogP contribution in [-0.2, 0) is 0 Å². The van der Waals surface area contributed by atoms with Gasteiger partial charge < -0.3 is 14.6 Å². The smallest absolute Gasteiger partial charge is 0.231 e. The predicted molar refractivity (Wildman–Crippen MR) is 67.1 cm³/mol. The molecule has 0 saturated heterocycles. The summed E-state index contributed by atoms with van der Waals surface area (Å²) in [6.07, 6.45) is -0.673. The minimum atomic E-state index is -2.20. The van der Waals surface area contributed by atoms with E-state index in [0.29, 0.717) is 5.56 Å². The molecule has 1 aliphatic rings. The van der Waals surface area contributed by atoms with Crippen molar-refractivity contribution in [2.75, 3.05) is 6.75 Å². The van der Waals surface area contributed by atoms with Crippen LogP contribution in [0.25, 0.3) is 6.08 Å². The van der Waals surface area contributed by atoms with Crippen LogP contribution in [-0.4, -0.2) is 17.9 Å². The first-order valence-electron chi connectivity index (χ1n) is 7.36. The molecular weight excluding hydrogens is 216 g/mol. The molecule has 2 rings (SSSR count). The van der Waals surface area contributed by atoms with Gasteiger partial charge in [-0.15, -0.1) is 0 Å². The molecule has 3 nitrogen and oxygen atoms in total. The van der Waals surface area contributed by atoms with Gasteiger partial charge in [-0.2, -0.15) is 0 Å². The van der Waals surface area contributed by atoms with Crippen LogP contribution in [0.5, 0.6) is 11.5 Å². The fraction of sp³-hybridized carbons (Fsp3) is 0.429. The van der Waals surface area contributed by atoms with Gasteiger partial charge in [0.15, 0.2) is 11.5 Å². The molecule has 0 aliphatic carbocycles. The molecule has 0 radical (unpaired) electrons. The molecule has 1 aliphatic heterocycles. The van der Waals surface area contributed by atoms with Crippen molar-refractivity contribution in [2.24, 2.45) is 5.41 Å². The van der Waals surface area contributed by atoms with Crippen LogP contribution in [0, 0.1) is 5.41 Å². The summed E-state index contributed by atoms with van der Waals surface area (Å²) in [6, 6.07) is 4.39. The maximum absolute atomic E-state index is 10.2. The molecule has 0 aromatic heterocycles. The number of hydrogen-bond donors (Lipinski definition) is 1. The third kappa shape index (κ3) is 2.80. The number of fused-ring (bicyclic) bond motifs is 1. The predicted octanol–water partition coefficient (Wildman–Crippen LogP) is 2.84. The average molecular weight is 238 g/mol. The molecule has 17 heavy (non-hydrogen) atoms. The third-order valence-corrected chi connectivity index (χ3v) is 2.36. The van der Waals surface area contributed by atoms with E-state index in [9.17, 15) is 5.11 Å². The largest absolute Gasteiger partial charge is 0.454 e. The lowest BCUT2D eigenvalue weighted by Gasteiger charge is -2.22. The molecule has 1 aromatic rings. The zero-order valence-electron chi connectivity index (χ0n) is 14.1. The molecule has 0 spiro atoms. The summed E-state index contributed by atoms with van der Waals surface area (Å²) in [5, 5.41) is 10.2. The van der Waals surface area contributed by atoms with Crippen LogP contribution in [0.2, 0.25) is 0 Å². The Kier molecular flexibility index (Phi) is 2.02. The first-order chi connectivity index (χ1) is 9.42. The lowest BCUT2D eigenvalue weighted by atomic mass is 9.89. The van der Waals surface area contributed by atoms with E-state index in [0.717, 1.165) is 0 Å². The molecule has 0 saturated carbocycles. The monoisotopic (exact) mass is 238 g/mol. The molecule has 1 atom stereocenters. The maximum atomic E-state index is 10.2. The fourth-order valence-electron chi connectivity index (χ4n) is 1.26. The fourth-order valence-corrected chi connectivity index (χ4v) is 1.26.